The van der Waals surface area contributed by atoms with Gasteiger partial charge in [-0.3, -0.25) is 0 Å². The second kappa shape index (κ2) is 14.3. The molecule has 3 aliphatic carbocycles. The van der Waals surface area contributed by atoms with Crippen LogP contribution in [0.3, 0.4) is 0 Å². The number of carboxylic acid groups (broad SMARTS) is 1. The molecular formula is C21H37O2PPd. The average molecular weight is 459 g/mol. The monoisotopic (exact) mass is 458 g/mol. The molecule has 3 saturated carbocycles. The Morgan fingerprint density at radius 1 is 0.840 bits per heavy atom. The van der Waals surface area contributed by atoms with Gasteiger partial charge in [0.1, 0.15) is 0 Å². The summed E-state index contributed by atoms with van der Waals surface area (Å²) < 4.78 is 0. The van der Waals surface area contributed by atoms with E-state index in [1.165, 1.54) is 17.0 Å². The first-order valence-corrected chi connectivity index (χ1v) is 11.4. The van der Waals surface area contributed by atoms with E-state index in [1.54, 1.807) is 77.0 Å². The first-order chi connectivity index (χ1) is 11.4. The van der Waals surface area contributed by atoms with Gasteiger partial charge in [-0.1, -0.05) is 53.4 Å². The minimum absolute atomic E-state index is 0. The fourth-order valence-corrected chi connectivity index (χ4v) is 9.17. The first-order valence-electron chi connectivity index (χ1n) is 9.84. The molecule has 2 nitrogen and oxygen atoms in total. The number of allylic oxidation sites excluding steroid dienone is 1. The van der Waals surface area contributed by atoms with E-state index in [0.29, 0.717) is 7.92 Å². The van der Waals surface area contributed by atoms with Crippen molar-refractivity contribution in [2.45, 2.75) is 108 Å². The van der Waals surface area contributed by atoms with Crippen LogP contribution < -0.4 is 5.11 Å². The Balaban J connectivity index is 0.000000549. The molecule has 0 aromatic heterocycles. The van der Waals surface area contributed by atoms with Crippen molar-refractivity contribution in [1.29, 1.82) is 0 Å². The molecule has 0 bridgehead atoms. The largest absolute Gasteiger partial charge is 2.00 e. The van der Waals surface area contributed by atoms with Gasteiger partial charge in [0.2, 0.25) is 0 Å². The molecule has 3 rings (SSSR count). The number of carbonyl (C=O) groups is 1. The van der Waals surface area contributed by atoms with Crippen LogP contribution in [0.1, 0.15) is 90.9 Å². The maximum absolute atomic E-state index is 8.89. The van der Waals surface area contributed by atoms with Gasteiger partial charge >= 0.3 is 20.4 Å². The third kappa shape index (κ3) is 10.8. The Bertz CT molecular complexity index is 310. The predicted molar refractivity (Wildman–Crippen MR) is 105 cm³/mol. The van der Waals surface area contributed by atoms with Gasteiger partial charge in [-0.2, -0.15) is 0 Å². The summed E-state index contributed by atoms with van der Waals surface area (Å²) in [5.41, 5.74) is 4.54. The van der Waals surface area contributed by atoms with Crippen molar-refractivity contribution in [3.63, 3.8) is 0 Å². The van der Waals surface area contributed by atoms with E-state index in [1.807, 2.05) is 6.92 Å². The number of hydrogen-bond donors (Lipinski definition) is 0. The summed E-state index contributed by atoms with van der Waals surface area (Å²) in [5, 5.41) is 8.89. The van der Waals surface area contributed by atoms with Crippen LogP contribution in [0.2, 0.25) is 0 Å². The van der Waals surface area contributed by atoms with Gasteiger partial charge in [-0.25, -0.2) is 19.1 Å². The van der Waals surface area contributed by atoms with E-state index >= 15 is 0 Å². The van der Waals surface area contributed by atoms with Crippen molar-refractivity contribution in [1.82, 2.24) is 0 Å². The minimum Gasteiger partial charge on any atom is -0.550 e. The topological polar surface area (TPSA) is 40.1 Å². The molecule has 4 heteroatoms. The SMILES string of the molecule is C1CCC(P(C2CCCC2)C2CCCC2)C1.C=C([CH2-])C.CC(=O)[O-].[Pd+2]. The molecule has 0 unspecified atom stereocenters. The molecule has 3 fully saturated rings. The van der Waals surface area contributed by atoms with E-state index < -0.39 is 5.97 Å². The molecule has 148 valence electrons. The van der Waals surface area contributed by atoms with E-state index in [0.717, 1.165) is 12.5 Å². The Labute approximate surface area is 171 Å². The summed E-state index contributed by atoms with van der Waals surface area (Å²) >= 11 is 0. The van der Waals surface area contributed by atoms with Crippen LogP contribution in [0, 0.1) is 6.92 Å². The molecule has 0 N–H and O–H groups in total. The van der Waals surface area contributed by atoms with Gasteiger partial charge in [0.25, 0.3) is 0 Å². The van der Waals surface area contributed by atoms with Crippen LogP contribution in [0.4, 0.5) is 0 Å². The van der Waals surface area contributed by atoms with Crippen molar-refractivity contribution < 1.29 is 30.3 Å². The van der Waals surface area contributed by atoms with Crippen LogP contribution in [0.15, 0.2) is 12.2 Å². The van der Waals surface area contributed by atoms with Gasteiger partial charge in [-0.05, 0) is 62.4 Å². The summed E-state index contributed by atoms with van der Waals surface area (Å²) in [5.74, 6) is -1.08. The van der Waals surface area contributed by atoms with Crippen molar-refractivity contribution >= 4 is 13.9 Å². The summed E-state index contributed by atoms with van der Waals surface area (Å²) in [6.07, 6.45) is 19.0. The van der Waals surface area contributed by atoms with Crippen molar-refractivity contribution in [3.05, 3.63) is 19.1 Å². The van der Waals surface area contributed by atoms with Crippen molar-refractivity contribution in [2.24, 2.45) is 0 Å². The molecule has 3 aliphatic rings. The molecule has 0 aliphatic heterocycles. The van der Waals surface area contributed by atoms with Gasteiger partial charge < -0.3 is 9.90 Å². The van der Waals surface area contributed by atoms with Gasteiger partial charge in [0.15, 0.2) is 0 Å². The van der Waals surface area contributed by atoms with Crippen LogP contribution >= 0.6 is 7.92 Å². The number of carbonyl (C=O) groups excluding carboxylic acids is 1. The summed E-state index contributed by atoms with van der Waals surface area (Å²) in [6.45, 7) is 9.72. The second-order valence-electron chi connectivity index (χ2n) is 7.71. The molecule has 0 atom stereocenters. The Morgan fingerprint density at radius 3 is 1.16 bits per heavy atom. The number of aliphatic carboxylic acids is 1. The zero-order chi connectivity index (χ0) is 17.9. The Kier molecular flexibility index (Phi) is 14.4. The number of hydrogen-bond acceptors (Lipinski definition) is 2. The fraction of sp³-hybridized carbons (Fsp3) is 0.810. The van der Waals surface area contributed by atoms with E-state index in [2.05, 4.69) is 13.5 Å². The van der Waals surface area contributed by atoms with Gasteiger partial charge in [0, 0.05) is 5.97 Å². The minimum atomic E-state index is -1.08. The quantitative estimate of drug-likeness (QED) is 0.320. The molecular weight excluding hydrogens is 422 g/mol. The molecule has 0 heterocycles. The van der Waals surface area contributed by atoms with Crippen LogP contribution in [0.5, 0.6) is 0 Å². The third-order valence-electron chi connectivity index (χ3n) is 5.24. The molecule has 0 saturated heterocycles. The van der Waals surface area contributed by atoms with Crippen LogP contribution in [0.25, 0.3) is 0 Å². The predicted octanol–water partition coefficient (Wildman–Crippen LogP) is 5.45. The van der Waals surface area contributed by atoms with Gasteiger partial charge in [0.05, 0.1) is 0 Å². The molecule has 0 spiro atoms. The number of rotatable bonds is 3. The molecule has 25 heavy (non-hydrogen) atoms. The summed E-state index contributed by atoms with van der Waals surface area (Å²) in [7, 11) is 0.436. The van der Waals surface area contributed by atoms with E-state index in [9.17, 15) is 0 Å². The summed E-state index contributed by atoms with van der Waals surface area (Å²) in [6, 6.07) is 0. The zero-order valence-electron chi connectivity index (χ0n) is 16.2. The van der Waals surface area contributed by atoms with Crippen molar-refractivity contribution in [2.75, 3.05) is 0 Å². The maximum Gasteiger partial charge on any atom is 2.00 e. The molecule has 0 aromatic rings. The summed E-state index contributed by atoms with van der Waals surface area (Å²) in [4.78, 5) is 8.89. The average Bonchev–Trinajstić information content (AvgIpc) is 3.23. The van der Waals surface area contributed by atoms with Crippen LogP contribution in [-0.4, -0.2) is 22.9 Å². The Morgan fingerprint density at radius 2 is 1.00 bits per heavy atom. The second-order valence-corrected chi connectivity index (χ2v) is 10.8. The zero-order valence-corrected chi connectivity index (χ0v) is 18.7. The first kappa shape index (κ1) is 25.2. The number of carboxylic acids is 1. The fourth-order valence-electron chi connectivity index (χ4n) is 4.50. The molecule has 0 amide bonds. The Hall–Kier alpha value is 0.172. The van der Waals surface area contributed by atoms with Crippen LogP contribution in [-0.2, 0) is 25.2 Å². The molecule has 0 radical (unpaired) electrons. The standard InChI is InChI=1S/C15H27P.C4H7.C2H4O2.Pd/c1-2-8-13(7-1)16(14-9-3-4-10-14)15-11-5-6-12-15;1-4(2)3;1-2(3)4;/h13-15H,1-12H2;1-2H2,3H3;1H3,(H,3,4);/q;-1;;+2/p-1. The van der Waals surface area contributed by atoms with Crippen molar-refractivity contribution in [3.8, 4) is 0 Å². The molecule has 0 aromatic carbocycles. The van der Waals surface area contributed by atoms with Gasteiger partial charge in [-0.15, -0.1) is 0 Å². The normalized spacial score (nSPS) is 21.1. The third-order valence-corrected chi connectivity index (χ3v) is 9.32. The van der Waals surface area contributed by atoms with E-state index in [4.69, 9.17) is 9.90 Å². The van der Waals surface area contributed by atoms with E-state index in [-0.39, 0.29) is 20.4 Å². The smallest absolute Gasteiger partial charge is 0.550 e. The maximum atomic E-state index is 8.89.